The Balaban J connectivity index is 3.06. The highest BCUT2D eigenvalue weighted by Crippen LogP contribution is 2.39. The van der Waals surface area contributed by atoms with Gasteiger partial charge < -0.3 is 5.73 Å². The summed E-state index contributed by atoms with van der Waals surface area (Å²) in [6, 6.07) is 0. The van der Waals surface area contributed by atoms with Crippen LogP contribution in [0.5, 0.6) is 0 Å². The van der Waals surface area contributed by atoms with Crippen LogP contribution in [0.2, 0.25) is 0 Å². The van der Waals surface area contributed by atoms with Crippen LogP contribution in [-0.2, 0) is 9.84 Å². The Morgan fingerprint density at radius 1 is 1.30 bits per heavy atom. The molecule has 0 radical (unpaired) electrons. The molecule has 20 heavy (non-hydrogen) atoms. The first kappa shape index (κ1) is 17.9. The summed E-state index contributed by atoms with van der Waals surface area (Å²) in [6.45, 7) is 8.82. The first-order chi connectivity index (χ1) is 9.35. The van der Waals surface area contributed by atoms with Gasteiger partial charge in [0.2, 0.25) is 0 Å². The van der Waals surface area contributed by atoms with Crippen LogP contribution in [0, 0.1) is 5.92 Å². The Morgan fingerprint density at radius 3 is 2.30 bits per heavy atom. The van der Waals surface area contributed by atoms with E-state index >= 15 is 0 Å². The van der Waals surface area contributed by atoms with Crippen molar-refractivity contribution in [3.63, 3.8) is 0 Å². The van der Waals surface area contributed by atoms with Crippen LogP contribution in [0.3, 0.4) is 0 Å². The lowest BCUT2D eigenvalue weighted by Gasteiger charge is -2.45. The van der Waals surface area contributed by atoms with Gasteiger partial charge in [0.1, 0.15) is 0 Å². The van der Waals surface area contributed by atoms with Crippen molar-refractivity contribution in [2.24, 2.45) is 11.7 Å². The summed E-state index contributed by atoms with van der Waals surface area (Å²) in [6.07, 6.45) is 6.28. The van der Waals surface area contributed by atoms with Crippen molar-refractivity contribution >= 4 is 9.84 Å². The van der Waals surface area contributed by atoms with Crippen LogP contribution in [-0.4, -0.2) is 50.0 Å². The van der Waals surface area contributed by atoms with E-state index in [-0.39, 0.29) is 10.8 Å². The van der Waals surface area contributed by atoms with Crippen molar-refractivity contribution in [2.45, 2.75) is 63.7 Å². The van der Waals surface area contributed by atoms with E-state index in [4.69, 9.17) is 5.73 Å². The van der Waals surface area contributed by atoms with Gasteiger partial charge in [0.25, 0.3) is 0 Å². The molecule has 1 rings (SSSR count). The number of nitrogens with two attached hydrogens (primary N) is 1. The minimum absolute atomic E-state index is 0.297. The Hall–Kier alpha value is -0.130. The molecular weight excluding hydrogens is 272 g/mol. The Labute approximate surface area is 125 Å². The molecule has 1 fully saturated rings. The molecule has 1 aliphatic rings. The van der Waals surface area contributed by atoms with Gasteiger partial charge in [-0.05, 0) is 25.3 Å². The molecule has 0 bridgehead atoms. The van der Waals surface area contributed by atoms with Crippen LogP contribution in [0.4, 0.5) is 0 Å². The smallest absolute Gasteiger partial charge is 0.152 e. The fourth-order valence-electron chi connectivity index (χ4n) is 3.84. The molecule has 5 heteroatoms. The van der Waals surface area contributed by atoms with Crippen molar-refractivity contribution < 1.29 is 8.42 Å². The third-order valence-electron chi connectivity index (χ3n) is 5.19. The summed E-state index contributed by atoms with van der Waals surface area (Å²) in [5.41, 5.74) is 5.74. The standard InChI is InChI=1S/C15H32N2O2S/c1-5-13(6-2)11-17(7-3)15(12-16)10-8-9-14(15)20(4,18)19/h13-14H,5-12,16H2,1-4H3. The zero-order valence-corrected chi connectivity index (χ0v) is 14.4. The fraction of sp³-hybridized carbons (Fsp3) is 1.00. The largest absolute Gasteiger partial charge is 0.329 e. The quantitative estimate of drug-likeness (QED) is 0.745. The second kappa shape index (κ2) is 7.23. The fourth-order valence-corrected chi connectivity index (χ4v) is 5.60. The van der Waals surface area contributed by atoms with E-state index in [2.05, 4.69) is 25.7 Å². The second-order valence-corrected chi connectivity index (χ2v) is 8.47. The summed E-state index contributed by atoms with van der Waals surface area (Å²) in [4.78, 5) is 2.36. The zero-order valence-electron chi connectivity index (χ0n) is 13.6. The monoisotopic (exact) mass is 304 g/mol. The summed E-state index contributed by atoms with van der Waals surface area (Å²) < 4.78 is 24.3. The average molecular weight is 304 g/mol. The summed E-state index contributed by atoms with van der Waals surface area (Å²) in [5, 5.41) is -0.297. The highest BCUT2D eigenvalue weighted by Gasteiger charge is 2.50. The van der Waals surface area contributed by atoms with Gasteiger partial charge in [-0.2, -0.15) is 0 Å². The maximum atomic E-state index is 12.2. The SMILES string of the molecule is CCC(CC)CN(CC)C1(CN)CCCC1S(C)(=O)=O. The predicted molar refractivity (Wildman–Crippen MR) is 85.6 cm³/mol. The molecule has 0 aliphatic heterocycles. The van der Waals surface area contributed by atoms with Crippen molar-refractivity contribution in [1.29, 1.82) is 0 Å². The van der Waals surface area contributed by atoms with Crippen LogP contribution < -0.4 is 5.73 Å². The van der Waals surface area contributed by atoms with Crippen LogP contribution in [0.25, 0.3) is 0 Å². The predicted octanol–water partition coefficient (Wildman–Crippen LogP) is 2.04. The maximum absolute atomic E-state index is 12.2. The molecular formula is C15H32N2O2S. The van der Waals surface area contributed by atoms with E-state index < -0.39 is 9.84 Å². The minimum atomic E-state index is -3.05. The third kappa shape index (κ3) is 3.55. The molecule has 1 aliphatic carbocycles. The van der Waals surface area contributed by atoms with Crippen LogP contribution in [0.1, 0.15) is 52.9 Å². The number of hydrogen-bond acceptors (Lipinski definition) is 4. The molecule has 2 unspecified atom stereocenters. The van der Waals surface area contributed by atoms with E-state index in [0.717, 1.165) is 45.2 Å². The molecule has 4 nitrogen and oxygen atoms in total. The van der Waals surface area contributed by atoms with Gasteiger partial charge >= 0.3 is 0 Å². The normalized spacial score (nSPS) is 27.6. The highest BCUT2D eigenvalue weighted by molar-refractivity contribution is 7.91. The Bertz CT molecular complexity index is 393. The van der Waals surface area contributed by atoms with E-state index in [1.165, 1.54) is 6.26 Å². The maximum Gasteiger partial charge on any atom is 0.152 e. The summed E-state index contributed by atoms with van der Waals surface area (Å²) >= 11 is 0. The molecule has 0 saturated heterocycles. The van der Waals surface area contributed by atoms with Crippen molar-refractivity contribution in [3.05, 3.63) is 0 Å². The number of likely N-dealkylation sites (N-methyl/N-ethyl adjacent to an activating group) is 1. The lowest BCUT2D eigenvalue weighted by molar-refractivity contribution is 0.0861. The third-order valence-corrected chi connectivity index (χ3v) is 6.90. The Morgan fingerprint density at radius 2 is 1.90 bits per heavy atom. The topological polar surface area (TPSA) is 63.4 Å². The van der Waals surface area contributed by atoms with Gasteiger partial charge in [-0.3, -0.25) is 4.90 Å². The van der Waals surface area contributed by atoms with E-state index in [0.29, 0.717) is 12.5 Å². The molecule has 0 heterocycles. The second-order valence-electron chi connectivity index (χ2n) is 6.24. The molecule has 2 N–H and O–H groups in total. The van der Waals surface area contributed by atoms with Crippen molar-refractivity contribution in [1.82, 2.24) is 4.90 Å². The molecule has 120 valence electrons. The number of sulfone groups is 1. The van der Waals surface area contributed by atoms with Gasteiger partial charge in [0.15, 0.2) is 9.84 Å². The lowest BCUT2D eigenvalue weighted by atomic mass is 9.92. The zero-order chi connectivity index (χ0) is 15.4. The minimum Gasteiger partial charge on any atom is -0.329 e. The van der Waals surface area contributed by atoms with Gasteiger partial charge in [-0.1, -0.05) is 40.0 Å². The Kier molecular flexibility index (Phi) is 6.48. The molecule has 0 amide bonds. The summed E-state index contributed by atoms with van der Waals surface area (Å²) in [5.74, 6) is 0.624. The number of nitrogens with zero attached hydrogens (tertiary/aromatic N) is 1. The number of hydrogen-bond donors (Lipinski definition) is 1. The molecule has 2 atom stereocenters. The van der Waals surface area contributed by atoms with Gasteiger partial charge in [-0.25, -0.2) is 8.42 Å². The summed E-state index contributed by atoms with van der Waals surface area (Å²) in [7, 11) is -3.05. The molecule has 0 spiro atoms. The van der Waals surface area contributed by atoms with E-state index in [1.807, 2.05) is 0 Å². The van der Waals surface area contributed by atoms with E-state index in [9.17, 15) is 8.42 Å². The lowest BCUT2D eigenvalue weighted by Crippen LogP contribution is -2.61. The van der Waals surface area contributed by atoms with Gasteiger partial charge in [0.05, 0.1) is 5.25 Å². The van der Waals surface area contributed by atoms with Gasteiger partial charge in [0, 0.05) is 24.9 Å². The van der Waals surface area contributed by atoms with Crippen LogP contribution >= 0.6 is 0 Å². The van der Waals surface area contributed by atoms with E-state index in [1.54, 1.807) is 0 Å². The van der Waals surface area contributed by atoms with Gasteiger partial charge in [-0.15, -0.1) is 0 Å². The van der Waals surface area contributed by atoms with Crippen molar-refractivity contribution in [2.75, 3.05) is 25.9 Å². The molecule has 0 aromatic carbocycles. The molecule has 0 aromatic heterocycles. The van der Waals surface area contributed by atoms with Crippen molar-refractivity contribution in [3.8, 4) is 0 Å². The number of rotatable bonds is 8. The highest BCUT2D eigenvalue weighted by atomic mass is 32.2. The first-order valence-corrected chi connectivity index (χ1v) is 9.95. The molecule has 0 aromatic rings. The van der Waals surface area contributed by atoms with Crippen LogP contribution in [0.15, 0.2) is 0 Å². The average Bonchev–Trinajstić information content (AvgIpc) is 2.85. The first-order valence-electron chi connectivity index (χ1n) is 7.99. The molecule has 1 saturated carbocycles.